The standard InChI is InChI=1S/C14H22N2O/c1-13(2,15)14(9-17-10-14)11-5-7-12(8-6-11)16(3)4/h5-8H,9-10,15H2,1-4H3. The molecular weight excluding hydrogens is 212 g/mol. The average Bonchev–Trinajstić information content (AvgIpc) is 2.14. The molecule has 0 radical (unpaired) electrons. The quantitative estimate of drug-likeness (QED) is 0.866. The second kappa shape index (κ2) is 4.00. The molecule has 0 saturated carbocycles. The SMILES string of the molecule is CN(C)c1ccc(C2(C(C)(C)N)COC2)cc1. The van der Waals surface area contributed by atoms with E-state index >= 15 is 0 Å². The van der Waals surface area contributed by atoms with Crippen LogP contribution in [0, 0.1) is 0 Å². The van der Waals surface area contributed by atoms with E-state index in [-0.39, 0.29) is 11.0 Å². The molecule has 1 aliphatic heterocycles. The number of nitrogens with zero attached hydrogens (tertiary/aromatic N) is 1. The third-order valence-corrected chi connectivity index (χ3v) is 3.87. The fraction of sp³-hybridized carbons (Fsp3) is 0.571. The first kappa shape index (κ1) is 12.4. The minimum atomic E-state index is -0.259. The Balaban J connectivity index is 2.33. The lowest BCUT2D eigenvalue weighted by molar-refractivity contribution is -0.0918. The van der Waals surface area contributed by atoms with Gasteiger partial charge in [0.05, 0.1) is 18.6 Å². The summed E-state index contributed by atoms with van der Waals surface area (Å²) in [4.78, 5) is 2.10. The molecule has 1 aliphatic rings. The fourth-order valence-electron chi connectivity index (χ4n) is 2.30. The van der Waals surface area contributed by atoms with Gasteiger partial charge in [-0.25, -0.2) is 0 Å². The van der Waals surface area contributed by atoms with Gasteiger partial charge in [-0.2, -0.15) is 0 Å². The van der Waals surface area contributed by atoms with Crippen molar-refractivity contribution in [3.05, 3.63) is 29.8 Å². The molecule has 0 bridgehead atoms. The van der Waals surface area contributed by atoms with Gasteiger partial charge in [0.25, 0.3) is 0 Å². The lowest BCUT2D eigenvalue weighted by atomic mass is 9.66. The molecule has 2 N–H and O–H groups in total. The Morgan fingerprint density at radius 3 is 2.00 bits per heavy atom. The molecule has 0 aliphatic carbocycles. The van der Waals surface area contributed by atoms with Gasteiger partial charge in [0, 0.05) is 25.3 Å². The van der Waals surface area contributed by atoms with E-state index in [1.54, 1.807) is 0 Å². The Labute approximate surface area is 104 Å². The van der Waals surface area contributed by atoms with E-state index in [9.17, 15) is 0 Å². The smallest absolute Gasteiger partial charge is 0.0603 e. The molecule has 0 unspecified atom stereocenters. The van der Waals surface area contributed by atoms with Crippen LogP contribution in [0.1, 0.15) is 19.4 Å². The predicted octanol–water partition coefficient (Wildman–Crippen LogP) is 1.76. The van der Waals surface area contributed by atoms with Crippen molar-refractivity contribution in [1.29, 1.82) is 0 Å². The summed E-state index contributed by atoms with van der Waals surface area (Å²) in [7, 11) is 4.09. The number of benzene rings is 1. The van der Waals surface area contributed by atoms with Gasteiger partial charge in [-0.3, -0.25) is 0 Å². The molecule has 1 saturated heterocycles. The van der Waals surface area contributed by atoms with Crippen LogP contribution in [0.15, 0.2) is 24.3 Å². The third kappa shape index (κ3) is 1.94. The Morgan fingerprint density at radius 2 is 1.71 bits per heavy atom. The summed E-state index contributed by atoms with van der Waals surface area (Å²) in [6.07, 6.45) is 0. The third-order valence-electron chi connectivity index (χ3n) is 3.87. The summed E-state index contributed by atoms with van der Waals surface area (Å²) in [5.74, 6) is 0. The van der Waals surface area contributed by atoms with Gasteiger partial charge in [-0.15, -0.1) is 0 Å². The van der Waals surface area contributed by atoms with Crippen molar-refractivity contribution in [3.8, 4) is 0 Å². The van der Waals surface area contributed by atoms with Gasteiger partial charge < -0.3 is 15.4 Å². The minimum absolute atomic E-state index is 0.0299. The summed E-state index contributed by atoms with van der Waals surface area (Å²) < 4.78 is 5.41. The van der Waals surface area contributed by atoms with Crippen LogP contribution in [0.2, 0.25) is 0 Å². The van der Waals surface area contributed by atoms with E-state index in [0.29, 0.717) is 0 Å². The van der Waals surface area contributed by atoms with Gasteiger partial charge in [-0.05, 0) is 31.5 Å². The number of ether oxygens (including phenoxy) is 1. The molecule has 1 aromatic carbocycles. The molecular formula is C14H22N2O. The largest absolute Gasteiger partial charge is 0.379 e. The Kier molecular flexibility index (Phi) is 2.92. The van der Waals surface area contributed by atoms with Gasteiger partial charge in [0.2, 0.25) is 0 Å². The van der Waals surface area contributed by atoms with E-state index in [2.05, 4.69) is 43.0 Å². The predicted molar refractivity (Wildman–Crippen MR) is 71.5 cm³/mol. The number of anilines is 1. The Morgan fingerprint density at radius 1 is 1.18 bits per heavy atom. The fourth-order valence-corrected chi connectivity index (χ4v) is 2.30. The number of nitrogens with two attached hydrogens (primary N) is 1. The van der Waals surface area contributed by atoms with Crippen molar-refractivity contribution in [2.75, 3.05) is 32.2 Å². The van der Waals surface area contributed by atoms with E-state index in [0.717, 1.165) is 13.2 Å². The van der Waals surface area contributed by atoms with E-state index < -0.39 is 0 Å². The zero-order valence-electron chi connectivity index (χ0n) is 11.2. The highest BCUT2D eigenvalue weighted by molar-refractivity contribution is 5.48. The zero-order valence-corrected chi connectivity index (χ0v) is 11.2. The van der Waals surface area contributed by atoms with Crippen molar-refractivity contribution in [1.82, 2.24) is 0 Å². The molecule has 0 spiro atoms. The normalized spacial score (nSPS) is 18.6. The van der Waals surface area contributed by atoms with Crippen LogP contribution in [0.5, 0.6) is 0 Å². The van der Waals surface area contributed by atoms with Crippen LogP contribution in [-0.4, -0.2) is 32.8 Å². The highest BCUT2D eigenvalue weighted by Gasteiger charge is 2.50. The van der Waals surface area contributed by atoms with Crippen molar-refractivity contribution in [3.63, 3.8) is 0 Å². The summed E-state index contributed by atoms with van der Waals surface area (Å²) >= 11 is 0. The summed E-state index contributed by atoms with van der Waals surface area (Å²) in [5.41, 5.74) is 8.51. The summed E-state index contributed by atoms with van der Waals surface area (Å²) in [6.45, 7) is 5.60. The molecule has 2 rings (SSSR count). The second-order valence-corrected chi connectivity index (χ2v) is 5.74. The lowest BCUT2D eigenvalue weighted by Gasteiger charge is -2.51. The van der Waals surface area contributed by atoms with Gasteiger partial charge >= 0.3 is 0 Å². The van der Waals surface area contributed by atoms with Gasteiger partial charge in [-0.1, -0.05) is 12.1 Å². The molecule has 0 amide bonds. The molecule has 1 aromatic rings. The first-order valence-corrected chi connectivity index (χ1v) is 6.01. The van der Waals surface area contributed by atoms with Crippen molar-refractivity contribution >= 4 is 5.69 Å². The van der Waals surface area contributed by atoms with Crippen LogP contribution in [-0.2, 0) is 10.2 Å². The number of rotatable bonds is 3. The summed E-state index contributed by atoms with van der Waals surface area (Å²) in [5, 5.41) is 0. The van der Waals surface area contributed by atoms with Crippen LogP contribution in [0.3, 0.4) is 0 Å². The highest BCUT2D eigenvalue weighted by Crippen LogP contribution is 2.40. The van der Waals surface area contributed by atoms with Crippen molar-refractivity contribution in [2.45, 2.75) is 24.8 Å². The van der Waals surface area contributed by atoms with Crippen LogP contribution in [0.25, 0.3) is 0 Å². The molecule has 17 heavy (non-hydrogen) atoms. The van der Waals surface area contributed by atoms with E-state index in [1.807, 2.05) is 14.1 Å². The molecule has 3 heteroatoms. The first-order chi connectivity index (χ1) is 7.87. The van der Waals surface area contributed by atoms with Crippen LogP contribution < -0.4 is 10.6 Å². The number of hydrogen-bond donors (Lipinski definition) is 1. The van der Waals surface area contributed by atoms with E-state index in [1.165, 1.54) is 11.3 Å². The first-order valence-electron chi connectivity index (χ1n) is 6.01. The molecule has 0 atom stereocenters. The molecule has 94 valence electrons. The molecule has 3 nitrogen and oxygen atoms in total. The highest BCUT2D eigenvalue weighted by atomic mass is 16.5. The minimum Gasteiger partial charge on any atom is -0.379 e. The Bertz CT molecular complexity index is 386. The maximum absolute atomic E-state index is 6.32. The Hall–Kier alpha value is -1.06. The average molecular weight is 234 g/mol. The lowest BCUT2D eigenvalue weighted by Crippen LogP contribution is -2.64. The number of hydrogen-bond acceptors (Lipinski definition) is 3. The van der Waals surface area contributed by atoms with Gasteiger partial charge in [0.1, 0.15) is 0 Å². The van der Waals surface area contributed by atoms with Crippen LogP contribution in [0.4, 0.5) is 5.69 Å². The van der Waals surface area contributed by atoms with Crippen molar-refractivity contribution in [2.24, 2.45) is 5.73 Å². The zero-order chi connectivity index (χ0) is 12.7. The molecule has 0 aromatic heterocycles. The maximum atomic E-state index is 6.32. The molecule has 1 fully saturated rings. The van der Waals surface area contributed by atoms with Crippen molar-refractivity contribution < 1.29 is 4.74 Å². The monoisotopic (exact) mass is 234 g/mol. The maximum Gasteiger partial charge on any atom is 0.0603 e. The topological polar surface area (TPSA) is 38.5 Å². The summed E-state index contributed by atoms with van der Waals surface area (Å²) in [6, 6.07) is 8.63. The molecule has 1 heterocycles. The van der Waals surface area contributed by atoms with E-state index in [4.69, 9.17) is 10.5 Å². The van der Waals surface area contributed by atoms with Gasteiger partial charge in [0.15, 0.2) is 0 Å². The van der Waals surface area contributed by atoms with Crippen LogP contribution >= 0.6 is 0 Å². The second-order valence-electron chi connectivity index (χ2n) is 5.74.